The van der Waals surface area contributed by atoms with Gasteiger partial charge in [-0.05, 0) is 24.3 Å². The van der Waals surface area contributed by atoms with E-state index in [1.807, 2.05) is 60.0 Å². The number of anilines is 1. The maximum absolute atomic E-state index is 11.4. The Morgan fingerprint density at radius 3 is 2.95 bits per heavy atom. The lowest BCUT2D eigenvalue weighted by Gasteiger charge is -2.05. The molecule has 5 nitrogen and oxygen atoms in total. The highest BCUT2D eigenvalue weighted by molar-refractivity contribution is 5.91. The highest BCUT2D eigenvalue weighted by atomic mass is 16.1. The first-order chi connectivity index (χ1) is 9.78. The molecule has 0 unspecified atom stereocenters. The summed E-state index contributed by atoms with van der Waals surface area (Å²) in [6.45, 7) is 1.82. The van der Waals surface area contributed by atoms with Crippen LogP contribution in [0.15, 0.2) is 48.7 Å². The van der Waals surface area contributed by atoms with Crippen molar-refractivity contribution >= 4 is 17.2 Å². The first-order valence-electron chi connectivity index (χ1n) is 6.48. The highest BCUT2D eigenvalue weighted by Crippen LogP contribution is 2.21. The Morgan fingerprint density at radius 1 is 1.20 bits per heavy atom. The quantitative estimate of drug-likeness (QED) is 0.793. The molecule has 0 radical (unpaired) electrons. The molecule has 3 aromatic rings. The van der Waals surface area contributed by atoms with Gasteiger partial charge in [0.25, 0.3) is 0 Å². The van der Waals surface area contributed by atoms with E-state index < -0.39 is 0 Å². The Kier molecular flexibility index (Phi) is 3.16. The van der Waals surface area contributed by atoms with Crippen LogP contribution in [0.1, 0.15) is 13.3 Å². The molecule has 0 spiro atoms. The lowest BCUT2D eigenvalue weighted by atomic mass is 10.2. The summed E-state index contributed by atoms with van der Waals surface area (Å²) in [5, 5.41) is 11.2. The van der Waals surface area contributed by atoms with E-state index in [4.69, 9.17) is 0 Å². The number of rotatable bonds is 3. The first kappa shape index (κ1) is 12.3. The van der Waals surface area contributed by atoms with Crippen molar-refractivity contribution in [1.29, 1.82) is 0 Å². The van der Waals surface area contributed by atoms with Crippen LogP contribution in [0.5, 0.6) is 0 Å². The summed E-state index contributed by atoms with van der Waals surface area (Å²) in [5.41, 5.74) is 2.48. The summed E-state index contributed by atoms with van der Waals surface area (Å²) in [6.07, 6.45) is 2.38. The molecule has 0 aliphatic carbocycles. The van der Waals surface area contributed by atoms with E-state index >= 15 is 0 Å². The number of pyridine rings is 1. The fraction of sp³-hybridized carbons (Fsp3) is 0.133. The summed E-state index contributed by atoms with van der Waals surface area (Å²) in [4.78, 5) is 11.4. The smallest absolute Gasteiger partial charge is 0.224 e. The average Bonchev–Trinajstić information content (AvgIpc) is 2.91. The van der Waals surface area contributed by atoms with Crippen LogP contribution in [0.25, 0.3) is 17.0 Å². The third kappa shape index (κ3) is 2.25. The van der Waals surface area contributed by atoms with Crippen LogP contribution in [-0.4, -0.2) is 20.5 Å². The molecule has 2 aromatic heterocycles. The number of nitrogens with zero attached hydrogens (tertiary/aromatic N) is 3. The van der Waals surface area contributed by atoms with E-state index in [0.717, 1.165) is 22.7 Å². The molecule has 0 saturated heterocycles. The zero-order chi connectivity index (χ0) is 13.9. The molecule has 0 aliphatic heterocycles. The van der Waals surface area contributed by atoms with E-state index in [2.05, 4.69) is 15.5 Å². The second kappa shape index (κ2) is 5.13. The minimum Gasteiger partial charge on any atom is -0.326 e. The van der Waals surface area contributed by atoms with Gasteiger partial charge in [0.1, 0.15) is 0 Å². The predicted octanol–water partition coefficient (Wildman–Crippen LogP) is 2.74. The molecule has 1 amide bonds. The van der Waals surface area contributed by atoms with E-state index in [9.17, 15) is 4.79 Å². The summed E-state index contributed by atoms with van der Waals surface area (Å²) in [6, 6.07) is 13.4. The van der Waals surface area contributed by atoms with Gasteiger partial charge in [0.2, 0.25) is 5.91 Å². The van der Waals surface area contributed by atoms with Gasteiger partial charge in [-0.2, -0.15) is 0 Å². The van der Waals surface area contributed by atoms with Crippen molar-refractivity contribution in [2.24, 2.45) is 0 Å². The molecule has 3 rings (SSSR count). The van der Waals surface area contributed by atoms with Gasteiger partial charge in [0.05, 0.1) is 0 Å². The van der Waals surface area contributed by atoms with Crippen molar-refractivity contribution in [1.82, 2.24) is 14.6 Å². The number of hydrogen-bond donors (Lipinski definition) is 1. The van der Waals surface area contributed by atoms with Gasteiger partial charge in [-0.15, -0.1) is 10.2 Å². The average molecular weight is 266 g/mol. The van der Waals surface area contributed by atoms with Crippen molar-refractivity contribution in [3.8, 4) is 11.4 Å². The normalized spacial score (nSPS) is 10.7. The molecule has 0 bridgehead atoms. The van der Waals surface area contributed by atoms with Crippen molar-refractivity contribution < 1.29 is 4.79 Å². The number of nitrogens with one attached hydrogen (secondary N) is 1. The fourth-order valence-corrected chi connectivity index (χ4v) is 2.02. The zero-order valence-corrected chi connectivity index (χ0v) is 11.1. The van der Waals surface area contributed by atoms with Crippen LogP contribution in [-0.2, 0) is 4.79 Å². The van der Waals surface area contributed by atoms with Crippen LogP contribution >= 0.6 is 0 Å². The number of aromatic nitrogens is 3. The minimum atomic E-state index is -0.00625. The van der Waals surface area contributed by atoms with Crippen molar-refractivity contribution in [3.63, 3.8) is 0 Å². The monoisotopic (exact) mass is 266 g/mol. The van der Waals surface area contributed by atoms with Gasteiger partial charge in [0, 0.05) is 23.9 Å². The SMILES string of the molecule is CCC(=O)Nc1cccc(-c2nnc3ccccn23)c1. The van der Waals surface area contributed by atoms with Gasteiger partial charge in [0.15, 0.2) is 11.5 Å². The van der Waals surface area contributed by atoms with E-state index in [1.165, 1.54) is 0 Å². The Hall–Kier alpha value is -2.69. The molecule has 1 aromatic carbocycles. The zero-order valence-electron chi connectivity index (χ0n) is 11.1. The molecule has 0 saturated carbocycles. The third-order valence-corrected chi connectivity index (χ3v) is 3.04. The summed E-state index contributed by atoms with van der Waals surface area (Å²) >= 11 is 0. The van der Waals surface area contributed by atoms with Gasteiger partial charge in [-0.25, -0.2) is 0 Å². The molecule has 20 heavy (non-hydrogen) atoms. The molecular formula is C15H14N4O. The largest absolute Gasteiger partial charge is 0.326 e. The number of hydrogen-bond acceptors (Lipinski definition) is 3. The van der Waals surface area contributed by atoms with E-state index in [1.54, 1.807) is 0 Å². The summed E-state index contributed by atoms with van der Waals surface area (Å²) in [5.74, 6) is 0.751. The van der Waals surface area contributed by atoms with Crippen LogP contribution in [0, 0.1) is 0 Å². The van der Waals surface area contributed by atoms with Crippen molar-refractivity contribution in [3.05, 3.63) is 48.7 Å². The molecule has 100 valence electrons. The first-order valence-corrected chi connectivity index (χ1v) is 6.48. The Morgan fingerprint density at radius 2 is 2.10 bits per heavy atom. The lowest BCUT2D eigenvalue weighted by molar-refractivity contribution is -0.115. The summed E-state index contributed by atoms with van der Waals surface area (Å²) < 4.78 is 1.92. The van der Waals surface area contributed by atoms with Crippen LogP contribution in [0.3, 0.4) is 0 Å². The van der Waals surface area contributed by atoms with Crippen molar-refractivity contribution in [2.75, 3.05) is 5.32 Å². The molecule has 5 heteroatoms. The topological polar surface area (TPSA) is 59.3 Å². The van der Waals surface area contributed by atoms with Gasteiger partial charge >= 0.3 is 0 Å². The van der Waals surface area contributed by atoms with Gasteiger partial charge in [-0.1, -0.05) is 25.1 Å². The number of amides is 1. The maximum Gasteiger partial charge on any atom is 0.224 e. The summed E-state index contributed by atoms with van der Waals surface area (Å²) in [7, 11) is 0. The van der Waals surface area contributed by atoms with Gasteiger partial charge < -0.3 is 5.32 Å². The number of fused-ring (bicyclic) bond motifs is 1. The Bertz CT molecular complexity index is 763. The van der Waals surface area contributed by atoms with Crippen LogP contribution in [0.4, 0.5) is 5.69 Å². The number of carbonyl (C=O) groups excluding carboxylic acids is 1. The second-order valence-corrected chi connectivity index (χ2v) is 4.43. The standard InChI is InChI=1S/C15H14N4O/c1-2-14(20)16-12-7-5-6-11(10-12)15-18-17-13-8-3-4-9-19(13)15/h3-10H,2H2,1H3,(H,16,20). The number of benzene rings is 1. The molecular weight excluding hydrogens is 252 g/mol. The Balaban J connectivity index is 2.02. The molecule has 0 atom stereocenters. The molecule has 1 N–H and O–H groups in total. The van der Waals surface area contributed by atoms with E-state index in [0.29, 0.717) is 6.42 Å². The molecule has 0 fully saturated rings. The molecule has 0 aliphatic rings. The minimum absolute atomic E-state index is 0.00625. The van der Waals surface area contributed by atoms with Crippen molar-refractivity contribution in [2.45, 2.75) is 13.3 Å². The van der Waals surface area contributed by atoms with E-state index in [-0.39, 0.29) is 5.91 Å². The predicted molar refractivity (Wildman–Crippen MR) is 77.3 cm³/mol. The van der Waals surface area contributed by atoms with Gasteiger partial charge in [-0.3, -0.25) is 9.20 Å². The van der Waals surface area contributed by atoms with Crippen LogP contribution < -0.4 is 5.32 Å². The third-order valence-electron chi connectivity index (χ3n) is 3.04. The maximum atomic E-state index is 11.4. The Labute approximate surface area is 116 Å². The fourth-order valence-electron chi connectivity index (χ4n) is 2.02. The van der Waals surface area contributed by atoms with Crippen LogP contribution in [0.2, 0.25) is 0 Å². The second-order valence-electron chi connectivity index (χ2n) is 4.43. The lowest BCUT2D eigenvalue weighted by Crippen LogP contribution is -2.09. The number of carbonyl (C=O) groups is 1. The highest BCUT2D eigenvalue weighted by Gasteiger charge is 2.08. The molecule has 2 heterocycles.